The van der Waals surface area contributed by atoms with E-state index in [-0.39, 0.29) is 12.5 Å². The Hall–Kier alpha value is -1.95. The number of para-hydroxylation sites is 2. The number of amides is 1. The van der Waals surface area contributed by atoms with E-state index in [0.29, 0.717) is 15.8 Å². The second-order valence-corrected chi connectivity index (χ2v) is 7.06. The molecule has 1 heterocycles. The zero-order valence-electron chi connectivity index (χ0n) is 14.5. The van der Waals surface area contributed by atoms with Gasteiger partial charge in [-0.3, -0.25) is 4.79 Å². The maximum absolute atomic E-state index is 12.3. The number of anilines is 2. The predicted octanol–water partition coefficient (Wildman–Crippen LogP) is 3.76. The minimum Gasteiger partial charge on any atom is -0.482 e. The standard InChI is InChI=1S/C19H21Cl2N3O2/c1-23-8-10-24(11-9-23)17-5-3-2-4-16(17)22-19(25)13-26-18-7-6-14(20)12-15(18)21/h2-7,12H,8-11,13H2,1H3,(H,22,25). The molecule has 2 aromatic rings. The summed E-state index contributed by atoms with van der Waals surface area (Å²) >= 11 is 11.9. The Balaban J connectivity index is 1.62. The average Bonchev–Trinajstić information content (AvgIpc) is 2.62. The molecule has 1 N–H and O–H groups in total. The summed E-state index contributed by atoms with van der Waals surface area (Å²) in [5.41, 5.74) is 1.81. The van der Waals surface area contributed by atoms with E-state index in [4.69, 9.17) is 27.9 Å². The molecule has 138 valence electrons. The van der Waals surface area contributed by atoms with Gasteiger partial charge >= 0.3 is 0 Å². The van der Waals surface area contributed by atoms with E-state index in [9.17, 15) is 4.79 Å². The van der Waals surface area contributed by atoms with Gasteiger partial charge < -0.3 is 19.9 Å². The number of carbonyl (C=O) groups is 1. The van der Waals surface area contributed by atoms with Gasteiger partial charge in [0.05, 0.1) is 16.4 Å². The third-order valence-electron chi connectivity index (χ3n) is 4.27. The van der Waals surface area contributed by atoms with Crippen LogP contribution >= 0.6 is 23.2 Å². The molecule has 0 spiro atoms. The highest BCUT2D eigenvalue weighted by atomic mass is 35.5. The van der Waals surface area contributed by atoms with Crippen LogP contribution in [0.25, 0.3) is 0 Å². The van der Waals surface area contributed by atoms with Crippen molar-refractivity contribution in [3.8, 4) is 5.75 Å². The van der Waals surface area contributed by atoms with E-state index in [1.54, 1.807) is 18.2 Å². The first-order valence-corrected chi connectivity index (χ1v) is 9.19. The van der Waals surface area contributed by atoms with E-state index < -0.39 is 0 Å². The minimum atomic E-state index is -0.238. The second-order valence-electron chi connectivity index (χ2n) is 6.22. The minimum absolute atomic E-state index is 0.127. The van der Waals surface area contributed by atoms with Gasteiger partial charge in [-0.05, 0) is 37.4 Å². The molecule has 5 nitrogen and oxygen atoms in total. The van der Waals surface area contributed by atoms with Crippen molar-refractivity contribution in [3.05, 3.63) is 52.5 Å². The monoisotopic (exact) mass is 393 g/mol. The fourth-order valence-electron chi connectivity index (χ4n) is 2.82. The highest BCUT2D eigenvalue weighted by Gasteiger charge is 2.18. The molecule has 2 aromatic carbocycles. The SMILES string of the molecule is CN1CCN(c2ccccc2NC(=O)COc2ccc(Cl)cc2Cl)CC1. The van der Waals surface area contributed by atoms with Crippen LogP contribution < -0.4 is 15.0 Å². The summed E-state index contributed by atoms with van der Waals surface area (Å²) in [7, 11) is 2.12. The van der Waals surface area contributed by atoms with E-state index in [0.717, 1.165) is 37.6 Å². The van der Waals surface area contributed by atoms with Crippen molar-refractivity contribution in [1.82, 2.24) is 4.90 Å². The lowest BCUT2D eigenvalue weighted by Crippen LogP contribution is -2.44. The lowest BCUT2D eigenvalue weighted by atomic mass is 10.2. The van der Waals surface area contributed by atoms with Gasteiger partial charge in [-0.15, -0.1) is 0 Å². The Kier molecular flexibility index (Phi) is 6.25. The number of rotatable bonds is 5. The molecule has 1 aliphatic rings. The van der Waals surface area contributed by atoms with Gasteiger partial charge in [-0.1, -0.05) is 35.3 Å². The number of hydrogen-bond acceptors (Lipinski definition) is 4. The van der Waals surface area contributed by atoms with Gasteiger partial charge in [0.1, 0.15) is 5.75 Å². The molecule has 26 heavy (non-hydrogen) atoms. The van der Waals surface area contributed by atoms with E-state index >= 15 is 0 Å². The van der Waals surface area contributed by atoms with Gasteiger partial charge in [0.2, 0.25) is 0 Å². The van der Waals surface area contributed by atoms with Crippen LogP contribution in [-0.4, -0.2) is 50.6 Å². The predicted molar refractivity (Wildman–Crippen MR) is 107 cm³/mol. The average molecular weight is 394 g/mol. The van der Waals surface area contributed by atoms with Gasteiger partial charge in [-0.25, -0.2) is 0 Å². The summed E-state index contributed by atoms with van der Waals surface area (Å²) in [6.07, 6.45) is 0. The van der Waals surface area contributed by atoms with Crippen molar-refractivity contribution in [2.24, 2.45) is 0 Å². The Labute approximate surface area is 163 Å². The summed E-state index contributed by atoms with van der Waals surface area (Å²) in [5, 5.41) is 3.83. The van der Waals surface area contributed by atoms with Crippen molar-refractivity contribution < 1.29 is 9.53 Å². The molecule has 1 fully saturated rings. The Morgan fingerprint density at radius 2 is 1.85 bits per heavy atom. The molecular formula is C19H21Cl2N3O2. The van der Waals surface area contributed by atoms with E-state index in [1.807, 2.05) is 24.3 Å². The number of nitrogens with zero attached hydrogens (tertiary/aromatic N) is 2. The fourth-order valence-corrected chi connectivity index (χ4v) is 3.29. The Bertz CT molecular complexity index is 777. The number of carbonyl (C=O) groups excluding carboxylic acids is 1. The third-order valence-corrected chi connectivity index (χ3v) is 4.81. The lowest BCUT2D eigenvalue weighted by molar-refractivity contribution is -0.118. The number of nitrogens with one attached hydrogen (secondary N) is 1. The van der Waals surface area contributed by atoms with Crippen molar-refractivity contribution in [2.75, 3.05) is 50.1 Å². The molecule has 0 atom stereocenters. The summed E-state index contributed by atoms with van der Waals surface area (Å²) in [6, 6.07) is 12.7. The molecule has 0 bridgehead atoms. The third kappa shape index (κ3) is 4.81. The van der Waals surface area contributed by atoms with Gasteiger partial charge in [0, 0.05) is 31.2 Å². The summed E-state index contributed by atoms with van der Waals surface area (Å²) in [6.45, 7) is 3.74. The number of ether oxygens (including phenoxy) is 1. The first kappa shape index (κ1) is 18.8. The van der Waals surface area contributed by atoms with Crippen LogP contribution in [0, 0.1) is 0 Å². The Morgan fingerprint density at radius 1 is 1.12 bits per heavy atom. The van der Waals surface area contributed by atoms with Gasteiger partial charge in [0.15, 0.2) is 6.61 Å². The fraction of sp³-hybridized carbons (Fsp3) is 0.316. The van der Waals surface area contributed by atoms with E-state index in [1.165, 1.54) is 0 Å². The Morgan fingerprint density at radius 3 is 2.58 bits per heavy atom. The van der Waals surface area contributed by atoms with Crippen molar-refractivity contribution in [2.45, 2.75) is 0 Å². The lowest BCUT2D eigenvalue weighted by Gasteiger charge is -2.35. The van der Waals surface area contributed by atoms with Crippen molar-refractivity contribution in [3.63, 3.8) is 0 Å². The van der Waals surface area contributed by atoms with Gasteiger partial charge in [0.25, 0.3) is 5.91 Å². The van der Waals surface area contributed by atoms with Crippen LogP contribution in [0.5, 0.6) is 5.75 Å². The molecule has 1 aliphatic heterocycles. The smallest absolute Gasteiger partial charge is 0.262 e. The number of hydrogen-bond donors (Lipinski definition) is 1. The summed E-state index contributed by atoms with van der Waals surface area (Å²) in [4.78, 5) is 16.9. The van der Waals surface area contributed by atoms with Crippen LogP contribution in [0.15, 0.2) is 42.5 Å². The molecule has 1 amide bonds. The van der Waals surface area contributed by atoms with E-state index in [2.05, 4.69) is 22.2 Å². The first-order valence-electron chi connectivity index (χ1n) is 8.43. The van der Waals surface area contributed by atoms with Gasteiger partial charge in [-0.2, -0.15) is 0 Å². The molecule has 1 saturated heterocycles. The zero-order chi connectivity index (χ0) is 18.5. The van der Waals surface area contributed by atoms with Crippen LogP contribution in [0.2, 0.25) is 10.0 Å². The molecule has 0 unspecified atom stereocenters. The highest BCUT2D eigenvalue weighted by molar-refractivity contribution is 6.35. The summed E-state index contributed by atoms with van der Waals surface area (Å²) < 4.78 is 5.50. The van der Waals surface area contributed by atoms with Crippen LogP contribution in [0.3, 0.4) is 0 Å². The maximum atomic E-state index is 12.3. The van der Waals surface area contributed by atoms with Crippen LogP contribution in [0.4, 0.5) is 11.4 Å². The molecule has 3 rings (SSSR count). The first-order chi connectivity index (χ1) is 12.5. The normalized spacial score (nSPS) is 15.0. The quantitative estimate of drug-likeness (QED) is 0.839. The van der Waals surface area contributed by atoms with Crippen molar-refractivity contribution >= 4 is 40.5 Å². The number of likely N-dealkylation sites (N-methyl/N-ethyl adjacent to an activating group) is 1. The molecule has 7 heteroatoms. The molecule has 0 aliphatic carbocycles. The molecular weight excluding hydrogens is 373 g/mol. The second kappa shape index (κ2) is 8.62. The largest absolute Gasteiger partial charge is 0.482 e. The zero-order valence-corrected chi connectivity index (χ0v) is 16.1. The molecule has 0 aromatic heterocycles. The van der Waals surface area contributed by atoms with Crippen LogP contribution in [0.1, 0.15) is 0 Å². The summed E-state index contributed by atoms with van der Waals surface area (Å²) in [5.74, 6) is 0.191. The number of piperazine rings is 1. The number of halogens is 2. The van der Waals surface area contributed by atoms with Crippen LogP contribution in [-0.2, 0) is 4.79 Å². The molecule has 0 radical (unpaired) electrons. The topological polar surface area (TPSA) is 44.8 Å². The maximum Gasteiger partial charge on any atom is 0.262 e. The highest BCUT2D eigenvalue weighted by Crippen LogP contribution is 2.28. The van der Waals surface area contributed by atoms with Crippen molar-refractivity contribution in [1.29, 1.82) is 0 Å². The number of benzene rings is 2. The molecule has 0 saturated carbocycles.